The summed E-state index contributed by atoms with van der Waals surface area (Å²) >= 11 is 0. The fraction of sp³-hybridized carbons (Fsp3) is 0.400. The Kier molecular flexibility index (Phi) is 6.33. The summed E-state index contributed by atoms with van der Waals surface area (Å²) < 4.78 is 0. The predicted octanol–water partition coefficient (Wildman–Crippen LogP) is 5.84. The first kappa shape index (κ1) is 15.6. The van der Waals surface area contributed by atoms with Crippen molar-refractivity contribution in [3.05, 3.63) is 54.1 Å². The van der Waals surface area contributed by atoms with Crippen LogP contribution < -0.4 is 5.73 Å². The topological polar surface area (TPSA) is 26.0 Å². The molecule has 0 heterocycles. The maximum Gasteiger partial charge on any atom is 0.0393 e. The molecule has 0 amide bonds. The van der Waals surface area contributed by atoms with Crippen molar-refractivity contribution in [1.82, 2.24) is 0 Å². The van der Waals surface area contributed by atoms with Crippen LogP contribution >= 0.6 is 0 Å². The Morgan fingerprint density at radius 2 is 1.43 bits per heavy atom. The van der Waals surface area contributed by atoms with Gasteiger partial charge in [-0.1, -0.05) is 81.5 Å². The Labute approximate surface area is 129 Å². The second-order valence-electron chi connectivity index (χ2n) is 5.80. The molecule has 2 rings (SSSR count). The summed E-state index contributed by atoms with van der Waals surface area (Å²) in [4.78, 5) is 0. The van der Waals surface area contributed by atoms with Gasteiger partial charge in [-0.3, -0.25) is 0 Å². The molecule has 0 saturated heterocycles. The lowest BCUT2D eigenvalue weighted by Crippen LogP contribution is -1.90. The van der Waals surface area contributed by atoms with Gasteiger partial charge in [-0.15, -0.1) is 0 Å². The molecule has 1 heteroatoms. The number of anilines is 1. The number of para-hydroxylation sites is 1. The highest BCUT2D eigenvalue weighted by Crippen LogP contribution is 2.25. The molecule has 2 N–H and O–H groups in total. The fourth-order valence-corrected chi connectivity index (χ4v) is 2.72. The van der Waals surface area contributed by atoms with Crippen LogP contribution in [0, 0.1) is 0 Å². The smallest absolute Gasteiger partial charge is 0.0393 e. The third kappa shape index (κ3) is 4.93. The van der Waals surface area contributed by atoms with E-state index in [0.717, 1.165) is 11.3 Å². The van der Waals surface area contributed by atoms with Crippen molar-refractivity contribution in [1.29, 1.82) is 0 Å². The summed E-state index contributed by atoms with van der Waals surface area (Å²) in [5.41, 5.74) is 10.6. The molecule has 0 fully saturated rings. The summed E-state index contributed by atoms with van der Waals surface area (Å²) in [6.07, 6.45) is 9.33. The number of hydrogen-bond acceptors (Lipinski definition) is 1. The van der Waals surface area contributed by atoms with Gasteiger partial charge in [0.2, 0.25) is 0 Å². The van der Waals surface area contributed by atoms with Crippen LogP contribution in [0.2, 0.25) is 0 Å². The van der Waals surface area contributed by atoms with Crippen molar-refractivity contribution in [3.63, 3.8) is 0 Å². The average Bonchev–Trinajstić information content (AvgIpc) is 2.52. The minimum atomic E-state index is 0.848. The molecule has 0 unspecified atom stereocenters. The molecule has 0 bridgehead atoms. The molecule has 0 aliphatic heterocycles. The minimum absolute atomic E-state index is 0.848. The zero-order valence-corrected chi connectivity index (χ0v) is 13.1. The Balaban J connectivity index is 1.84. The molecule has 2 aromatic rings. The molecule has 21 heavy (non-hydrogen) atoms. The van der Waals surface area contributed by atoms with E-state index in [4.69, 9.17) is 5.73 Å². The van der Waals surface area contributed by atoms with Crippen molar-refractivity contribution in [2.75, 3.05) is 5.73 Å². The van der Waals surface area contributed by atoms with Crippen LogP contribution in [-0.4, -0.2) is 0 Å². The number of rotatable bonds is 8. The highest BCUT2D eigenvalue weighted by atomic mass is 14.6. The van der Waals surface area contributed by atoms with Crippen molar-refractivity contribution < 1.29 is 0 Å². The second-order valence-corrected chi connectivity index (χ2v) is 5.80. The molecule has 2 aromatic carbocycles. The Morgan fingerprint density at radius 3 is 2.14 bits per heavy atom. The van der Waals surface area contributed by atoms with E-state index in [0.29, 0.717) is 0 Å². The lowest BCUT2D eigenvalue weighted by atomic mass is 10.00. The summed E-state index contributed by atoms with van der Waals surface area (Å²) in [6, 6.07) is 16.9. The summed E-state index contributed by atoms with van der Waals surface area (Å²) in [5.74, 6) is 0. The maximum absolute atomic E-state index is 6.03. The minimum Gasteiger partial charge on any atom is -0.398 e. The monoisotopic (exact) mass is 281 g/mol. The molecular formula is C20H27N. The molecule has 0 spiro atoms. The summed E-state index contributed by atoms with van der Waals surface area (Å²) in [7, 11) is 0. The van der Waals surface area contributed by atoms with Crippen LogP contribution in [-0.2, 0) is 6.42 Å². The van der Waals surface area contributed by atoms with Gasteiger partial charge in [-0.25, -0.2) is 0 Å². The molecule has 0 aliphatic rings. The summed E-state index contributed by atoms with van der Waals surface area (Å²) in [6.45, 7) is 2.26. The van der Waals surface area contributed by atoms with Gasteiger partial charge in [-0.2, -0.15) is 0 Å². The molecule has 1 nitrogen and oxygen atoms in total. The highest BCUT2D eigenvalue weighted by molar-refractivity contribution is 5.76. The molecule has 0 atom stereocenters. The van der Waals surface area contributed by atoms with Crippen LogP contribution in [0.1, 0.15) is 51.0 Å². The Morgan fingerprint density at radius 1 is 0.762 bits per heavy atom. The van der Waals surface area contributed by atoms with E-state index in [9.17, 15) is 0 Å². The third-order valence-electron chi connectivity index (χ3n) is 4.04. The molecule has 112 valence electrons. The molecule has 0 radical (unpaired) electrons. The number of benzene rings is 2. The van der Waals surface area contributed by atoms with E-state index in [1.54, 1.807) is 0 Å². The second kappa shape index (κ2) is 8.51. The molecule has 0 aliphatic carbocycles. The van der Waals surface area contributed by atoms with E-state index in [2.05, 4.69) is 37.3 Å². The van der Waals surface area contributed by atoms with Gasteiger partial charge in [0, 0.05) is 11.3 Å². The van der Waals surface area contributed by atoms with Gasteiger partial charge in [0.1, 0.15) is 0 Å². The standard InChI is InChI=1S/C20H27N/c1-2-3-4-5-6-7-10-17-13-15-18(16-14-17)19-11-8-9-12-20(19)21/h8-9,11-16H,2-7,10,21H2,1H3. The number of hydrogen-bond donors (Lipinski definition) is 1. The van der Waals surface area contributed by atoms with Crippen molar-refractivity contribution in [3.8, 4) is 11.1 Å². The van der Waals surface area contributed by atoms with E-state index < -0.39 is 0 Å². The van der Waals surface area contributed by atoms with Crippen LogP contribution in [0.15, 0.2) is 48.5 Å². The number of unbranched alkanes of at least 4 members (excludes halogenated alkanes) is 5. The lowest BCUT2D eigenvalue weighted by Gasteiger charge is -2.07. The number of nitrogen functional groups attached to an aromatic ring is 1. The largest absolute Gasteiger partial charge is 0.398 e. The van der Waals surface area contributed by atoms with E-state index in [1.807, 2.05) is 18.2 Å². The van der Waals surface area contributed by atoms with Gasteiger partial charge in [-0.05, 0) is 30.0 Å². The zero-order valence-electron chi connectivity index (χ0n) is 13.1. The normalized spacial score (nSPS) is 10.7. The Bertz CT molecular complexity index is 528. The molecule has 0 saturated carbocycles. The first-order valence-electron chi connectivity index (χ1n) is 8.25. The van der Waals surface area contributed by atoms with Gasteiger partial charge in [0.25, 0.3) is 0 Å². The highest BCUT2D eigenvalue weighted by Gasteiger charge is 2.01. The van der Waals surface area contributed by atoms with E-state index in [-0.39, 0.29) is 0 Å². The first-order chi connectivity index (χ1) is 10.3. The average molecular weight is 281 g/mol. The van der Waals surface area contributed by atoms with Gasteiger partial charge in [0.15, 0.2) is 0 Å². The maximum atomic E-state index is 6.03. The fourth-order valence-electron chi connectivity index (χ4n) is 2.72. The van der Waals surface area contributed by atoms with E-state index >= 15 is 0 Å². The zero-order chi connectivity index (χ0) is 14.9. The number of aryl methyl sites for hydroxylation is 1. The Hall–Kier alpha value is -1.76. The third-order valence-corrected chi connectivity index (χ3v) is 4.04. The van der Waals surface area contributed by atoms with Crippen LogP contribution in [0.5, 0.6) is 0 Å². The molecule has 0 aromatic heterocycles. The van der Waals surface area contributed by atoms with Gasteiger partial charge < -0.3 is 5.73 Å². The quantitative estimate of drug-likeness (QED) is 0.477. The van der Waals surface area contributed by atoms with Gasteiger partial charge in [0.05, 0.1) is 0 Å². The SMILES string of the molecule is CCCCCCCCc1ccc(-c2ccccc2N)cc1. The first-order valence-corrected chi connectivity index (χ1v) is 8.25. The van der Waals surface area contributed by atoms with Crippen LogP contribution in [0.4, 0.5) is 5.69 Å². The van der Waals surface area contributed by atoms with Crippen molar-refractivity contribution >= 4 is 5.69 Å². The van der Waals surface area contributed by atoms with Gasteiger partial charge >= 0.3 is 0 Å². The van der Waals surface area contributed by atoms with E-state index in [1.165, 1.54) is 56.1 Å². The number of nitrogens with two attached hydrogens (primary N) is 1. The molecular weight excluding hydrogens is 254 g/mol. The van der Waals surface area contributed by atoms with Crippen LogP contribution in [0.3, 0.4) is 0 Å². The summed E-state index contributed by atoms with van der Waals surface area (Å²) in [5, 5.41) is 0. The van der Waals surface area contributed by atoms with Crippen molar-refractivity contribution in [2.45, 2.75) is 51.9 Å². The predicted molar refractivity (Wildman–Crippen MR) is 93.4 cm³/mol. The van der Waals surface area contributed by atoms with Crippen LogP contribution in [0.25, 0.3) is 11.1 Å². The van der Waals surface area contributed by atoms with Crippen molar-refractivity contribution in [2.24, 2.45) is 0 Å². The lowest BCUT2D eigenvalue weighted by molar-refractivity contribution is 0.607.